The number of carbonyl (C=O) groups is 1. The lowest BCUT2D eigenvalue weighted by molar-refractivity contribution is 0.174. The average Bonchev–Trinajstić information content (AvgIpc) is 3.05. The summed E-state index contributed by atoms with van der Waals surface area (Å²) < 4.78 is 14.0. The zero-order valence-electron chi connectivity index (χ0n) is 14.2. The Balaban J connectivity index is 1.37. The van der Waals surface area contributed by atoms with E-state index in [1.165, 1.54) is 12.1 Å². The molecule has 2 heterocycles. The van der Waals surface area contributed by atoms with Crippen LogP contribution in [0, 0.1) is 18.7 Å². The molecule has 4 nitrogen and oxygen atoms in total. The summed E-state index contributed by atoms with van der Waals surface area (Å²) in [5.41, 5.74) is 1.99. The lowest BCUT2D eigenvalue weighted by atomic mass is 9.99. The van der Waals surface area contributed by atoms with Gasteiger partial charge in [0.05, 0.1) is 0 Å². The van der Waals surface area contributed by atoms with Crippen molar-refractivity contribution in [2.24, 2.45) is 5.92 Å². The fourth-order valence-corrected chi connectivity index (χ4v) is 4.84. The van der Waals surface area contributed by atoms with Gasteiger partial charge in [-0.25, -0.2) is 14.2 Å². The van der Waals surface area contributed by atoms with E-state index in [2.05, 4.69) is 15.7 Å². The van der Waals surface area contributed by atoms with Crippen LogP contribution in [-0.2, 0) is 6.54 Å². The van der Waals surface area contributed by atoms with E-state index in [1.807, 2.05) is 23.6 Å². The summed E-state index contributed by atoms with van der Waals surface area (Å²) in [5.74, 6) is 1.44. The quantitative estimate of drug-likeness (QED) is 0.788. The third-order valence-corrected chi connectivity index (χ3v) is 6.67. The van der Waals surface area contributed by atoms with Crippen molar-refractivity contribution in [1.82, 2.24) is 15.2 Å². The number of piperidine rings is 1. The van der Waals surface area contributed by atoms with Crippen LogP contribution >= 0.6 is 23.1 Å². The second kappa shape index (κ2) is 8.67. The molecule has 1 aromatic carbocycles. The van der Waals surface area contributed by atoms with Gasteiger partial charge in [0.15, 0.2) is 0 Å². The predicted molar refractivity (Wildman–Crippen MR) is 101 cm³/mol. The highest BCUT2D eigenvalue weighted by atomic mass is 32.2. The molecule has 1 N–H and O–H groups in total. The highest BCUT2D eigenvalue weighted by molar-refractivity contribution is 8.01. The lowest BCUT2D eigenvalue weighted by Crippen LogP contribution is -2.44. The minimum atomic E-state index is -0.261. The molecule has 1 fully saturated rings. The molecule has 0 atom stereocenters. The number of halogens is 1. The number of thiazole rings is 1. The van der Waals surface area contributed by atoms with Crippen LogP contribution in [0.1, 0.15) is 24.1 Å². The first-order valence-electron chi connectivity index (χ1n) is 8.42. The average molecular weight is 380 g/mol. The highest BCUT2D eigenvalue weighted by Gasteiger charge is 2.23. The number of amides is 2. The molecule has 3 rings (SSSR count). The van der Waals surface area contributed by atoms with Gasteiger partial charge in [0, 0.05) is 36.5 Å². The van der Waals surface area contributed by atoms with Crippen LogP contribution < -0.4 is 5.32 Å². The minimum absolute atomic E-state index is 0.0361. The molecular weight excluding hydrogens is 357 g/mol. The summed E-state index contributed by atoms with van der Waals surface area (Å²) >= 11 is 3.53. The maximum atomic E-state index is 12.9. The van der Waals surface area contributed by atoms with Gasteiger partial charge in [-0.3, -0.25) is 0 Å². The number of thioether (sulfide) groups is 1. The van der Waals surface area contributed by atoms with Crippen LogP contribution in [0.3, 0.4) is 0 Å². The molecule has 1 aliphatic heterocycles. The van der Waals surface area contributed by atoms with Gasteiger partial charge in [0.1, 0.15) is 10.2 Å². The van der Waals surface area contributed by atoms with Gasteiger partial charge >= 0.3 is 6.03 Å². The molecule has 0 radical (unpaired) electrons. The van der Waals surface area contributed by atoms with E-state index >= 15 is 0 Å². The maximum Gasteiger partial charge on any atom is 0.317 e. The number of nitrogens with zero attached hydrogens (tertiary/aromatic N) is 2. The van der Waals surface area contributed by atoms with Crippen LogP contribution in [0.5, 0.6) is 0 Å². The van der Waals surface area contributed by atoms with E-state index in [-0.39, 0.29) is 11.8 Å². The summed E-state index contributed by atoms with van der Waals surface area (Å²) in [7, 11) is 0. The van der Waals surface area contributed by atoms with E-state index in [0.29, 0.717) is 12.5 Å². The van der Waals surface area contributed by atoms with Crippen molar-refractivity contribution < 1.29 is 9.18 Å². The number of aryl methyl sites for hydroxylation is 1. The summed E-state index contributed by atoms with van der Waals surface area (Å²) in [6, 6.07) is 6.17. The number of benzene rings is 1. The van der Waals surface area contributed by atoms with Crippen LogP contribution in [0.15, 0.2) is 34.0 Å². The fourth-order valence-electron chi connectivity index (χ4n) is 2.78. The molecule has 1 saturated heterocycles. The van der Waals surface area contributed by atoms with Crippen LogP contribution in [0.4, 0.5) is 9.18 Å². The first-order valence-corrected chi connectivity index (χ1v) is 10.3. The Morgan fingerprint density at radius 2 is 2.08 bits per heavy atom. The zero-order valence-corrected chi connectivity index (χ0v) is 15.8. The number of urea groups is 1. The molecule has 0 unspecified atom stereocenters. The number of carbonyl (C=O) groups excluding carboxylic acids is 1. The molecule has 1 aromatic heterocycles. The molecule has 0 aliphatic carbocycles. The Morgan fingerprint density at radius 1 is 1.36 bits per heavy atom. The third kappa shape index (κ3) is 5.44. The topological polar surface area (TPSA) is 45.2 Å². The van der Waals surface area contributed by atoms with Gasteiger partial charge in [0.25, 0.3) is 0 Å². The summed E-state index contributed by atoms with van der Waals surface area (Å²) in [6.45, 7) is 4.02. The molecule has 134 valence electrons. The number of nitrogens with one attached hydrogen (secondary N) is 1. The molecule has 0 bridgehead atoms. The van der Waals surface area contributed by atoms with Crippen molar-refractivity contribution in [2.75, 3.05) is 18.8 Å². The van der Waals surface area contributed by atoms with Gasteiger partial charge in [0.2, 0.25) is 0 Å². The smallest absolute Gasteiger partial charge is 0.317 e. The molecule has 0 spiro atoms. The zero-order chi connectivity index (χ0) is 17.6. The van der Waals surface area contributed by atoms with Gasteiger partial charge in [-0.05, 0) is 43.4 Å². The maximum absolute atomic E-state index is 12.9. The van der Waals surface area contributed by atoms with Crippen molar-refractivity contribution >= 4 is 29.1 Å². The molecule has 1 aliphatic rings. The van der Waals surface area contributed by atoms with Crippen molar-refractivity contribution in [3.05, 3.63) is 46.7 Å². The molecular formula is C18H22FN3OS2. The molecule has 2 aromatic rings. The van der Waals surface area contributed by atoms with Crippen LogP contribution in [0.25, 0.3) is 0 Å². The van der Waals surface area contributed by atoms with Gasteiger partial charge in [-0.15, -0.1) is 11.3 Å². The van der Waals surface area contributed by atoms with Crippen molar-refractivity contribution in [3.63, 3.8) is 0 Å². The Labute approximate surface area is 155 Å². The number of rotatable bonds is 5. The van der Waals surface area contributed by atoms with Crippen molar-refractivity contribution in [2.45, 2.75) is 30.6 Å². The summed E-state index contributed by atoms with van der Waals surface area (Å²) in [6.07, 6.45) is 2.06. The largest absolute Gasteiger partial charge is 0.334 e. The van der Waals surface area contributed by atoms with Crippen LogP contribution in [-0.4, -0.2) is 34.8 Å². The van der Waals surface area contributed by atoms with E-state index in [4.69, 9.17) is 0 Å². The second-order valence-corrected chi connectivity index (χ2v) is 8.41. The number of aromatic nitrogens is 1. The van der Waals surface area contributed by atoms with E-state index in [1.54, 1.807) is 23.5 Å². The second-order valence-electron chi connectivity index (χ2n) is 6.28. The highest BCUT2D eigenvalue weighted by Crippen LogP contribution is 2.28. The Hall–Kier alpha value is -1.60. The Morgan fingerprint density at radius 3 is 2.72 bits per heavy atom. The minimum Gasteiger partial charge on any atom is -0.334 e. The monoisotopic (exact) mass is 379 g/mol. The summed E-state index contributed by atoms with van der Waals surface area (Å²) in [4.78, 5) is 18.6. The standard InChI is InChI=1S/C18H22FN3OS2/c1-13-11-24-18(21-13)25-12-15-6-8-22(9-7-15)17(23)20-10-14-2-4-16(19)5-3-14/h2-5,11,15H,6-10,12H2,1H3,(H,20,23). The number of likely N-dealkylation sites (tertiary alicyclic amines) is 1. The van der Waals surface area contributed by atoms with Gasteiger partial charge in [-0.1, -0.05) is 23.9 Å². The normalized spacial score (nSPS) is 15.4. The molecule has 2 amide bonds. The SMILES string of the molecule is Cc1csc(SCC2CCN(C(=O)NCc3ccc(F)cc3)CC2)n1. The Kier molecular flexibility index (Phi) is 6.31. The molecule has 25 heavy (non-hydrogen) atoms. The van der Waals surface area contributed by atoms with Crippen molar-refractivity contribution in [3.8, 4) is 0 Å². The first kappa shape index (κ1) is 18.2. The van der Waals surface area contributed by atoms with E-state index in [9.17, 15) is 9.18 Å². The van der Waals surface area contributed by atoms with E-state index in [0.717, 1.165) is 47.3 Å². The Bertz CT molecular complexity index is 697. The van der Waals surface area contributed by atoms with E-state index < -0.39 is 0 Å². The predicted octanol–water partition coefficient (Wildman–Crippen LogP) is 4.30. The van der Waals surface area contributed by atoms with Crippen molar-refractivity contribution in [1.29, 1.82) is 0 Å². The fraction of sp³-hybridized carbons (Fsp3) is 0.444. The molecule has 7 heteroatoms. The molecule has 0 saturated carbocycles. The first-order chi connectivity index (χ1) is 12.1. The number of hydrogen-bond acceptors (Lipinski definition) is 4. The van der Waals surface area contributed by atoms with Crippen LogP contribution in [0.2, 0.25) is 0 Å². The third-order valence-electron chi connectivity index (χ3n) is 4.30. The summed E-state index contributed by atoms with van der Waals surface area (Å²) in [5, 5.41) is 4.99. The van der Waals surface area contributed by atoms with Gasteiger partial charge in [-0.2, -0.15) is 0 Å². The number of hydrogen-bond donors (Lipinski definition) is 1. The van der Waals surface area contributed by atoms with Gasteiger partial charge < -0.3 is 10.2 Å². The lowest BCUT2D eigenvalue weighted by Gasteiger charge is -2.31.